The average molecular weight is 760 g/mol. The number of aromatic nitrogens is 5. The van der Waals surface area contributed by atoms with Crippen LogP contribution in [0.5, 0.6) is 0 Å². The number of carbonyl (C=O) groups is 3. The van der Waals surface area contributed by atoms with Crippen LogP contribution < -0.4 is 21.2 Å². The molecule has 2 saturated heterocycles. The Kier molecular flexibility index (Phi) is 9.81. The number of halogens is 2. The van der Waals surface area contributed by atoms with Crippen LogP contribution in [0.2, 0.25) is 0 Å². The van der Waals surface area contributed by atoms with Crippen LogP contribution in [0, 0.1) is 5.92 Å². The van der Waals surface area contributed by atoms with Crippen molar-refractivity contribution in [3.63, 3.8) is 0 Å². The van der Waals surface area contributed by atoms with E-state index in [1.807, 2.05) is 18.2 Å². The second-order valence-corrected chi connectivity index (χ2v) is 15.8. The van der Waals surface area contributed by atoms with Crippen LogP contribution in [-0.4, -0.2) is 78.8 Å². The van der Waals surface area contributed by atoms with E-state index in [0.29, 0.717) is 40.1 Å². The van der Waals surface area contributed by atoms with Crippen LogP contribution in [0.25, 0.3) is 16.7 Å². The van der Waals surface area contributed by atoms with Gasteiger partial charge in [0, 0.05) is 63.7 Å². The fraction of sp³-hybridized carbons (Fsp3) is 0.474. The molecule has 1 aliphatic carbocycles. The molecule has 2 aliphatic heterocycles. The number of alkyl halides is 2. The van der Waals surface area contributed by atoms with Crippen LogP contribution in [0.1, 0.15) is 90.8 Å². The minimum atomic E-state index is -2.80. The summed E-state index contributed by atoms with van der Waals surface area (Å²) in [6.45, 7) is 2.61. The van der Waals surface area contributed by atoms with Gasteiger partial charge in [0.25, 0.3) is 12.3 Å². The molecule has 5 aromatic rings. The molecular formula is C38H43F2N9O4S. The molecular weight excluding hydrogens is 717 g/mol. The Morgan fingerprint density at radius 2 is 1.81 bits per heavy atom. The number of anilines is 2. The summed E-state index contributed by atoms with van der Waals surface area (Å²) in [6.07, 6.45) is 8.34. The molecule has 0 spiro atoms. The number of nitrogens with zero attached hydrogens (tertiary/aromatic N) is 7. The van der Waals surface area contributed by atoms with Crippen LogP contribution in [0.15, 0.2) is 53.7 Å². The highest BCUT2D eigenvalue weighted by Gasteiger charge is 2.34. The fourth-order valence-corrected chi connectivity index (χ4v) is 9.79. The number of piperidine rings is 2. The summed E-state index contributed by atoms with van der Waals surface area (Å²) in [5.74, 6) is -0.681. The number of imide groups is 1. The van der Waals surface area contributed by atoms with Gasteiger partial charge in [-0.15, -0.1) is 11.3 Å². The number of para-hydroxylation sites is 1. The normalized spacial score (nSPS) is 21.4. The number of aryl methyl sites for hydroxylation is 1. The van der Waals surface area contributed by atoms with Crippen molar-refractivity contribution in [2.45, 2.75) is 75.8 Å². The monoisotopic (exact) mass is 759 g/mol. The number of carbonyl (C=O) groups excluding carboxylic acids is 3. The Hall–Kier alpha value is -4.96. The Morgan fingerprint density at radius 1 is 1.04 bits per heavy atom. The van der Waals surface area contributed by atoms with E-state index in [9.17, 15) is 28.0 Å². The summed E-state index contributed by atoms with van der Waals surface area (Å²) in [4.78, 5) is 64.4. The topological polar surface area (TPSA) is 139 Å². The van der Waals surface area contributed by atoms with E-state index < -0.39 is 24.3 Å². The van der Waals surface area contributed by atoms with Crippen molar-refractivity contribution in [2.75, 3.05) is 36.9 Å². The lowest BCUT2D eigenvalue weighted by Gasteiger charge is -2.40. The molecule has 1 unspecified atom stereocenters. The molecule has 13 nitrogen and oxygen atoms in total. The van der Waals surface area contributed by atoms with Gasteiger partial charge in [0.15, 0.2) is 0 Å². The molecule has 3 amide bonds. The Balaban J connectivity index is 0.868. The molecule has 1 atom stereocenters. The molecule has 6 heterocycles. The molecule has 16 heteroatoms. The van der Waals surface area contributed by atoms with Gasteiger partial charge in [0.1, 0.15) is 22.4 Å². The van der Waals surface area contributed by atoms with Gasteiger partial charge in [-0.25, -0.2) is 23.5 Å². The summed E-state index contributed by atoms with van der Waals surface area (Å²) in [6, 6.07) is 8.88. The Bertz CT molecular complexity index is 2280. The molecule has 8 rings (SSSR count). The summed E-state index contributed by atoms with van der Waals surface area (Å²) in [5, 5.41) is 5.82. The summed E-state index contributed by atoms with van der Waals surface area (Å²) >= 11 is 1.16. The van der Waals surface area contributed by atoms with Gasteiger partial charge in [-0.3, -0.25) is 28.8 Å². The molecule has 3 aliphatic rings. The Morgan fingerprint density at radius 3 is 2.56 bits per heavy atom. The third-order valence-electron chi connectivity index (χ3n) is 11.5. The van der Waals surface area contributed by atoms with Crippen molar-refractivity contribution in [1.29, 1.82) is 0 Å². The predicted octanol–water partition coefficient (Wildman–Crippen LogP) is 5.49. The molecule has 1 aromatic carbocycles. The molecule has 0 radical (unpaired) electrons. The molecule has 4 aromatic heterocycles. The Labute approximate surface area is 314 Å². The van der Waals surface area contributed by atoms with E-state index in [0.717, 1.165) is 80.7 Å². The molecule has 1 saturated carbocycles. The molecule has 2 N–H and O–H groups in total. The first-order valence-corrected chi connectivity index (χ1v) is 19.4. The highest BCUT2D eigenvalue weighted by atomic mass is 32.1. The van der Waals surface area contributed by atoms with Crippen LogP contribution >= 0.6 is 11.3 Å². The van der Waals surface area contributed by atoms with Crippen molar-refractivity contribution in [1.82, 2.24) is 33.7 Å². The quantitative estimate of drug-likeness (QED) is 0.189. The number of rotatable bonds is 9. The summed E-state index contributed by atoms with van der Waals surface area (Å²) < 4.78 is 33.0. The zero-order chi connectivity index (χ0) is 37.7. The maximum absolute atomic E-state index is 14.1. The lowest BCUT2D eigenvalue weighted by molar-refractivity contribution is -0.135. The first kappa shape index (κ1) is 36.0. The summed E-state index contributed by atoms with van der Waals surface area (Å²) in [5.41, 5.74) is 2.57. The van der Waals surface area contributed by atoms with E-state index in [1.165, 1.54) is 4.57 Å². The maximum atomic E-state index is 14.1. The highest BCUT2D eigenvalue weighted by molar-refractivity contribution is 7.16. The standard InChI is InChI=1S/C38H43F2N9O4S/c1-45(24-13-18-47(19-14-24)26-5-3-6-27-31(26)46(2)38(53)49(27)28-11-12-29(50)42-35(28)52)21-22-7-9-23(10-8-22)36-43-30(32(39)40)37(54-36)44-34(51)25-15-20-48-17-4-16-41-33(25)48/h3-6,15-17,20,22-24,28,32H,7-14,18-19,21H2,1-2H3,(H,44,51)(H,42,50,52). The van der Waals surface area contributed by atoms with Gasteiger partial charge in [-0.05, 0) is 82.2 Å². The second kappa shape index (κ2) is 14.7. The van der Waals surface area contributed by atoms with E-state index in [2.05, 4.69) is 37.4 Å². The van der Waals surface area contributed by atoms with Crippen molar-refractivity contribution in [3.8, 4) is 0 Å². The second-order valence-electron chi connectivity index (χ2n) is 14.8. The minimum absolute atomic E-state index is 0.0726. The first-order chi connectivity index (χ1) is 26.1. The van der Waals surface area contributed by atoms with Crippen molar-refractivity contribution in [3.05, 3.63) is 75.7 Å². The average Bonchev–Trinajstić information content (AvgIpc) is 3.87. The van der Waals surface area contributed by atoms with Gasteiger partial charge in [-0.2, -0.15) is 0 Å². The lowest BCUT2D eigenvalue weighted by atomic mass is 9.82. The van der Waals surface area contributed by atoms with Gasteiger partial charge in [0.05, 0.1) is 27.3 Å². The molecule has 284 valence electrons. The van der Waals surface area contributed by atoms with E-state index >= 15 is 0 Å². The number of thiazole rings is 1. The van der Waals surface area contributed by atoms with Crippen LogP contribution in [0.3, 0.4) is 0 Å². The first-order valence-electron chi connectivity index (χ1n) is 18.6. The van der Waals surface area contributed by atoms with Crippen LogP contribution in [0.4, 0.5) is 19.5 Å². The fourth-order valence-electron chi connectivity index (χ4n) is 8.65. The largest absolute Gasteiger partial charge is 0.370 e. The molecule has 0 bridgehead atoms. The van der Waals surface area contributed by atoms with E-state index in [4.69, 9.17) is 0 Å². The number of fused-ring (bicyclic) bond motifs is 2. The SMILES string of the molecule is CN(CC1CCC(c2nc(C(F)F)c(NC(=O)c3ccn4cccnc34)s2)CC1)C1CCN(c2cccc3c2n(C)c(=O)n3C2CCC(=O)NC2=O)CC1. The van der Waals surface area contributed by atoms with E-state index in [-0.39, 0.29) is 34.6 Å². The number of hydrogen-bond donors (Lipinski definition) is 2. The van der Waals surface area contributed by atoms with E-state index in [1.54, 1.807) is 46.7 Å². The van der Waals surface area contributed by atoms with Gasteiger partial charge >= 0.3 is 5.69 Å². The van der Waals surface area contributed by atoms with Gasteiger partial charge in [0.2, 0.25) is 11.8 Å². The summed E-state index contributed by atoms with van der Waals surface area (Å²) in [7, 11) is 3.92. The van der Waals surface area contributed by atoms with Crippen molar-refractivity contribution in [2.24, 2.45) is 13.0 Å². The number of amides is 3. The number of hydrogen-bond acceptors (Lipinski definition) is 9. The van der Waals surface area contributed by atoms with Crippen molar-refractivity contribution < 1.29 is 23.2 Å². The minimum Gasteiger partial charge on any atom is -0.370 e. The lowest BCUT2D eigenvalue weighted by Crippen LogP contribution is -2.45. The zero-order valence-corrected chi connectivity index (χ0v) is 31.0. The number of nitrogens with one attached hydrogen (secondary N) is 2. The maximum Gasteiger partial charge on any atom is 0.329 e. The molecule has 54 heavy (non-hydrogen) atoms. The number of benzene rings is 1. The third-order valence-corrected chi connectivity index (χ3v) is 12.7. The number of imidazole rings is 1. The third kappa shape index (κ3) is 6.69. The van der Waals surface area contributed by atoms with Gasteiger partial charge in [-0.1, -0.05) is 6.07 Å². The predicted molar refractivity (Wildman–Crippen MR) is 201 cm³/mol. The van der Waals surface area contributed by atoms with Gasteiger partial charge < -0.3 is 19.5 Å². The smallest absolute Gasteiger partial charge is 0.329 e. The molecule has 3 fully saturated rings. The zero-order valence-electron chi connectivity index (χ0n) is 30.2. The van der Waals surface area contributed by atoms with Crippen molar-refractivity contribution >= 4 is 56.4 Å². The van der Waals surface area contributed by atoms with Crippen LogP contribution in [-0.2, 0) is 16.6 Å². The highest BCUT2D eigenvalue weighted by Crippen LogP contribution is 2.42.